The third kappa shape index (κ3) is 2.85. The quantitative estimate of drug-likeness (QED) is 0.635. The molecule has 0 aromatic carbocycles. The zero-order valence-corrected chi connectivity index (χ0v) is 10.5. The van der Waals surface area contributed by atoms with Crippen molar-refractivity contribution in [2.75, 3.05) is 5.73 Å². The Morgan fingerprint density at radius 2 is 1.78 bits per heavy atom. The van der Waals surface area contributed by atoms with Crippen LogP contribution in [0, 0.1) is 13.8 Å². The van der Waals surface area contributed by atoms with Gasteiger partial charge < -0.3 is 10.7 Å². The lowest BCUT2D eigenvalue weighted by molar-refractivity contribution is 1.28. The molecule has 4 heteroatoms. The first-order chi connectivity index (χ1) is 8.66. The fourth-order valence-electron chi connectivity index (χ4n) is 1.59. The van der Waals surface area contributed by atoms with Crippen LogP contribution >= 0.6 is 0 Å². The number of H-pyrrole nitrogens is 1. The maximum atomic E-state index is 5.46. The molecule has 3 aromatic heterocycles. The molecule has 92 valence electrons. The number of nitrogen functional groups attached to an aromatic ring is 1. The highest BCUT2D eigenvalue weighted by molar-refractivity contribution is 5.78. The fraction of sp³-hybridized carbons (Fsp3) is 0.143. The van der Waals surface area contributed by atoms with Crippen LogP contribution in [0.4, 0.5) is 5.69 Å². The predicted octanol–water partition coefficient (Wildman–Crippen LogP) is 2.84. The van der Waals surface area contributed by atoms with E-state index in [2.05, 4.69) is 21.0 Å². The van der Waals surface area contributed by atoms with Crippen molar-refractivity contribution in [3.63, 3.8) is 0 Å². The molecule has 0 saturated heterocycles. The number of hydrogen-bond acceptors (Lipinski definition) is 3. The number of nitrogens with one attached hydrogen (secondary N) is 1. The van der Waals surface area contributed by atoms with E-state index in [4.69, 9.17) is 5.73 Å². The van der Waals surface area contributed by atoms with E-state index in [1.54, 1.807) is 18.6 Å². The fourth-order valence-corrected chi connectivity index (χ4v) is 1.59. The average Bonchev–Trinajstić information content (AvgIpc) is 2.74. The van der Waals surface area contributed by atoms with Gasteiger partial charge in [0.1, 0.15) is 0 Å². The number of fused-ring (bicyclic) bond motifs is 1. The van der Waals surface area contributed by atoms with Gasteiger partial charge in [-0.05, 0) is 37.6 Å². The molecule has 4 nitrogen and oxygen atoms in total. The van der Waals surface area contributed by atoms with Gasteiger partial charge in [-0.3, -0.25) is 9.97 Å². The Balaban J connectivity index is 0.000000138. The molecule has 3 aromatic rings. The second kappa shape index (κ2) is 5.31. The summed E-state index contributed by atoms with van der Waals surface area (Å²) < 4.78 is 0. The summed E-state index contributed by atoms with van der Waals surface area (Å²) in [4.78, 5) is 11.0. The van der Waals surface area contributed by atoms with Gasteiger partial charge in [-0.1, -0.05) is 0 Å². The van der Waals surface area contributed by atoms with E-state index in [1.165, 1.54) is 11.1 Å². The summed E-state index contributed by atoms with van der Waals surface area (Å²) in [5.41, 5.74) is 9.59. The second-order valence-corrected chi connectivity index (χ2v) is 4.15. The lowest BCUT2D eigenvalue weighted by atomic mass is 10.3. The molecule has 0 amide bonds. The summed E-state index contributed by atoms with van der Waals surface area (Å²) in [6.07, 6.45) is 7.01. The Labute approximate surface area is 106 Å². The Morgan fingerprint density at radius 3 is 2.39 bits per heavy atom. The van der Waals surface area contributed by atoms with Crippen LogP contribution in [-0.2, 0) is 0 Å². The highest BCUT2D eigenvalue weighted by atomic mass is 14.7. The number of aromatic amines is 1. The van der Waals surface area contributed by atoms with Crippen molar-refractivity contribution in [3.8, 4) is 0 Å². The number of nitrogens with two attached hydrogens (primary N) is 1. The molecular weight excluding hydrogens is 224 g/mol. The number of anilines is 1. The minimum absolute atomic E-state index is 0.757. The average molecular weight is 240 g/mol. The minimum atomic E-state index is 0.757. The zero-order valence-electron chi connectivity index (χ0n) is 10.5. The van der Waals surface area contributed by atoms with E-state index in [1.807, 2.05) is 32.2 Å². The van der Waals surface area contributed by atoms with Gasteiger partial charge in [0, 0.05) is 29.7 Å². The van der Waals surface area contributed by atoms with Crippen LogP contribution in [0.2, 0.25) is 0 Å². The molecule has 0 aliphatic heterocycles. The summed E-state index contributed by atoms with van der Waals surface area (Å²) in [5, 5.41) is 1.23. The van der Waals surface area contributed by atoms with Crippen LogP contribution in [0.25, 0.3) is 10.9 Å². The Morgan fingerprint density at radius 1 is 1.06 bits per heavy atom. The highest BCUT2D eigenvalue weighted by Crippen LogP contribution is 2.11. The van der Waals surface area contributed by atoms with Gasteiger partial charge in [0.05, 0.1) is 17.4 Å². The van der Waals surface area contributed by atoms with Crippen molar-refractivity contribution in [2.24, 2.45) is 0 Å². The summed E-state index contributed by atoms with van der Waals surface area (Å²) >= 11 is 0. The SMILES string of the molecule is Cc1cc2ccncc2[nH]1.Cc1ccncc1N. The van der Waals surface area contributed by atoms with E-state index in [9.17, 15) is 0 Å². The van der Waals surface area contributed by atoms with Gasteiger partial charge in [-0.2, -0.15) is 0 Å². The van der Waals surface area contributed by atoms with Crippen LogP contribution < -0.4 is 5.73 Å². The Bertz CT molecular complexity index is 589. The van der Waals surface area contributed by atoms with Crippen molar-refractivity contribution < 1.29 is 0 Å². The van der Waals surface area contributed by atoms with Crippen molar-refractivity contribution in [3.05, 3.63) is 54.2 Å². The van der Waals surface area contributed by atoms with E-state index >= 15 is 0 Å². The molecule has 0 radical (unpaired) electrons. The molecule has 18 heavy (non-hydrogen) atoms. The number of aryl methyl sites for hydroxylation is 2. The van der Waals surface area contributed by atoms with E-state index in [0.717, 1.165) is 16.8 Å². The molecule has 0 fully saturated rings. The first-order valence-electron chi connectivity index (χ1n) is 5.72. The minimum Gasteiger partial charge on any atom is -0.397 e. The van der Waals surface area contributed by atoms with Crippen molar-refractivity contribution in [1.82, 2.24) is 15.0 Å². The maximum Gasteiger partial charge on any atom is 0.0642 e. The predicted molar refractivity (Wildman–Crippen MR) is 74.2 cm³/mol. The van der Waals surface area contributed by atoms with E-state index < -0.39 is 0 Å². The summed E-state index contributed by atoms with van der Waals surface area (Å²) in [7, 11) is 0. The number of aromatic nitrogens is 3. The Kier molecular flexibility index (Phi) is 3.57. The summed E-state index contributed by atoms with van der Waals surface area (Å²) in [6, 6.07) is 5.99. The monoisotopic (exact) mass is 240 g/mol. The molecule has 3 heterocycles. The third-order valence-electron chi connectivity index (χ3n) is 2.64. The number of rotatable bonds is 0. The van der Waals surface area contributed by atoms with Crippen LogP contribution in [-0.4, -0.2) is 15.0 Å². The van der Waals surface area contributed by atoms with Crippen LogP contribution in [0.1, 0.15) is 11.3 Å². The smallest absolute Gasteiger partial charge is 0.0642 e. The Hall–Kier alpha value is -2.36. The molecule has 0 saturated carbocycles. The first-order valence-corrected chi connectivity index (χ1v) is 5.72. The molecule has 3 rings (SSSR count). The second-order valence-electron chi connectivity index (χ2n) is 4.15. The topological polar surface area (TPSA) is 67.6 Å². The number of hydrogen-bond donors (Lipinski definition) is 2. The van der Waals surface area contributed by atoms with Gasteiger partial charge in [-0.15, -0.1) is 0 Å². The van der Waals surface area contributed by atoms with Gasteiger partial charge in [0.15, 0.2) is 0 Å². The summed E-state index contributed by atoms with van der Waals surface area (Å²) in [5.74, 6) is 0. The van der Waals surface area contributed by atoms with Gasteiger partial charge >= 0.3 is 0 Å². The van der Waals surface area contributed by atoms with Gasteiger partial charge in [-0.25, -0.2) is 0 Å². The number of pyridine rings is 2. The van der Waals surface area contributed by atoms with Crippen LogP contribution in [0.3, 0.4) is 0 Å². The van der Waals surface area contributed by atoms with Gasteiger partial charge in [0.2, 0.25) is 0 Å². The van der Waals surface area contributed by atoms with Crippen LogP contribution in [0.15, 0.2) is 43.0 Å². The van der Waals surface area contributed by atoms with Gasteiger partial charge in [0.25, 0.3) is 0 Å². The van der Waals surface area contributed by atoms with Crippen molar-refractivity contribution in [1.29, 1.82) is 0 Å². The molecule has 0 aliphatic carbocycles. The molecule has 0 unspecified atom stereocenters. The lowest BCUT2D eigenvalue weighted by Crippen LogP contribution is -1.88. The highest BCUT2D eigenvalue weighted by Gasteiger charge is 1.93. The molecule has 3 N–H and O–H groups in total. The van der Waals surface area contributed by atoms with E-state index in [-0.39, 0.29) is 0 Å². The summed E-state index contributed by atoms with van der Waals surface area (Å²) in [6.45, 7) is 4.00. The normalized spacial score (nSPS) is 9.89. The van der Waals surface area contributed by atoms with Crippen molar-refractivity contribution >= 4 is 16.6 Å². The molecular formula is C14H16N4. The third-order valence-corrected chi connectivity index (χ3v) is 2.64. The lowest BCUT2D eigenvalue weighted by Gasteiger charge is -1.92. The first kappa shape index (κ1) is 12.1. The molecule has 0 atom stereocenters. The standard InChI is InChI=1S/C8H8N2.C6H8N2/c1-6-4-7-2-3-9-5-8(7)10-6;1-5-2-3-8-4-6(5)7/h2-5,10H,1H3;2-4H,7H2,1H3. The largest absolute Gasteiger partial charge is 0.397 e. The molecule has 0 spiro atoms. The molecule has 0 bridgehead atoms. The van der Waals surface area contributed by atoms with Crippen molar-refractivity contribution in [2.45, 2.75) is 13.8 Å². The molecule has 0 aliphatic rings. The van der Waals surface area contributed by atoms with E-state index in [0.29, 0.717) is 0 Å². The number of nitrogens with zero attached hydrogens (tertiary/aromatic N) is 2. The zero-order chi connectivity index (χ0) is 13.0. The van der Waals surface area contributed by atoms with Crippen LogP contribution in [0.5, 0.6) is 0 Å². The maximum absolute atomic E-state index is 5.46.